The number of aryl methyl sites for hydroxylation is 1. The maximum atomic E-state index is 13.3. The molecule has 0 aliphatic carbocycles. The molecule has 0 fully saturated rings. The van der Waals surface area contributed by atoms with Crippen molar-refractivity contribution in [2.75, 3.05) is 13.7 Å². The lowest BCUT2D eigenvalue weighted by atomic mass is 9.98. The topological polar surface area (TPSA) is 70.6 Å². The van der Waals surface area contributed by atoms with E-state index in [1.165, 1.54) is 0 Å². The molecule has 0 aliphatic heterocycles. The average Bonchev–Trinajstić information content (AvgIpc) is 3.44. The normalized spacial score (nSPS) is 12.6. The van der Waals surface area contributed by atoms with Crippen molar-refractivity contribution in [2.45, 2.75) is 32.0 Å². The van der Waals surface area contributed by atoms with Crippen LogP contribution >= 0.6 is 11.3 Å². The summed E-state index contributed by atoms with van der Waals surface area (Å²) >= 11 is 1.63. The van der Waals surface area contributed by atoms with Crippen LogP contribution in [0.3, 0.4) is 0 Å². The van der Waals surface area contributed by atoms with Crippen molar-refractivity contribution >= 4 is 17.2 Å². The maximum Gasteiger partial charge on any atom is 0.251 e. The van der Waals surface area contributed by atoms with Gasteiger partial charge in [0.05, 0.1) is 19.3 Å². The highest BCUT2D eigenvalue weighted by atomic mass is 32.1. The molecule has 0 unspecified atom stereocenters. The third kappa shape index (κ3) is 6.82. The van der Waals surface area contributed by atoms with Gasteiger partial charge in [-0.15, -0.1) is 0 Å². The van der Waals surface area contributed by atoms with Crippen molar-refractivity contribution in [2.24, 2.45) is 0 Å². The van der Waals surface area contributed by atoms with Gasteiger partial charge in [0.1, 0.15) is 5.75 Å². The molecule has 4 rings (SSSR count). The first-order valence-electron chi connectivity index (χ1n) is 12.0. The van der Waals surface area contributed by atoms with E-state index in [1.54, 1.807) is 18.4 Å². The number of aliphatic hydroxyl groups excluding tert-OH is 1. The fourth-order valence-corrected chi connectivity index (χ4v) is 4.84. The number of carbonyl (C=O) groups excluding carboxylic acids is 1. The standard InChI is InChI=1S/C30H32N2O3S/c1-21-11-12-24(17-27(21)25-13-14-36-20-25)30(34)32-28(16-22-7-4-3-5-8-22)29(33)19-31-18-23-9-6-10-26(15-23)35-2/h3-15,17,20,28-29,31,33H,16,18-19H2,1-2H3,(H,32,34)/t28-,29-/m0/s1. The van der Waals surface area contributed by atoms with Gasteiger partial charge in [-0.2, -0.15) is 11.3 Å². The van der Waals surface area contributed by atoms with Gasteiger partial charge in [0.25, 0.3) is 5.91 Å². The van der Waals surface area contributed by atoms with E-state index in [-0.39, 0.29) is 5.91 Å². The molecule has 0 saturated heterocycles. The molecule has 0 radical (unpaired) electrons. The number of amides is 1. The van der Waals surface area contributed by atoms with E-state index in [0.717, 1.165) is 33.6 Å². The number of aliphatic hydroxyl groups is 1. The second-order valence-electron chi connectivity index (χ2n) is 8.86. The minimum Gasteiger partial charge on any atom is -0.497 e. The number of nitrogens with one attached hydrogen (secondary N) is 2. The summed E-state index contributed by atoms with van der Waals surface area (Å²) in [6.07, 6.45) is -0.251. The first-order chi connectivity index (χ1) is 17.5. The molecule has 1 amide bonds. The van der Waals surface area contributed by atoms with Crippen LogP contribution in [0.15, 0.2) is 89.6 Å². The Morgan fingerprint density at radius 1 is 1.00 bits per heavy atom. The smallest absolute Gasteiger partial charge is 0.251 e. The minimum absolute atomic E-state index is 0.195. The summed E-state index contributed by atoms with van der Waals surface area (Å²) in [5.74, 6) is 0.600. The predicted octanol–water partition coefficient (Wildman–Crippen LogP) is 5.22. The Kier molecular flexibility index (Phi) is 8.90. The molecule has 2 atom stereocenters. The first-order valence-corrected chi connectivity index (χ1v) is 13.0. The highest BCUT2D eigenvalue weighted by Gasteiger charge is 2.23. The Balaban J connectivity index is 1.46. The van der Waals surface area contributed by atoms with Gasteiger partial charge in [-0.3, -0.25) is 4.79 Å². The van der Waals surface area contributed by atoms with Crippen LogP contribution in [0.25, 0.3) is 11.1 Å². The van der Waals surface area contributed by atoms with Crippen LogP contribution < -0.4 is 15.4 Å². The second-order valence-corrected chi connectivity index (χ2v) is 9.64. The highest BCUT2D eigenvalue weighted by Crippen LogP contribution is 2.26. The fourth-order valence-electron chi connectivity index (χ4n) is 4.18. The summed E-state index contributed by atoms with van der Waals surface area (Å²) in [7, 11) is 1.64. The molecule has 36 heavy (non-hydrogen) atoms. The van der Waals surface area contributed by atoms with Crippen molar-refractivity contribution in [1.82, 2.24) is 10.6 Å². The SMILES string of the molecule is COc1cccc(CNC[C@H](O)[C@H](Cc2ccccc2)NC(=O)c2ccc(C)c(-c3ccsc3)c2)c1. The van der Waals surface area contributed by atoms with Gasteiger partial charge in [0, 0.05) is 18.7 Å². The Hall–Kier alpha value is -3.45. The summed E-state index contributed by atoms with van der Waals surface area (Å²) in [6, 6.07) is 25.1. The van der Waals surface area contributed by atoms with Crippen LogP contribution in [0.4, 0.5) is 0 Å². The molecule has 0 saturated carbocycles. The zero-order valence-corrected chi connectivity index (χ0v) is 21.4. The van der Waals surface area contributed by atoms with E-state index >= 15 is 0 Å². The predicted molar refractivity (Wildman–Crippen MR) is 147 cm³/mol. The number of carbonyl (C=O) groups is 1. The van der Waals surface area contributed by atoms with E-state index < -0.39 is 12.1 Å². The van der Waals surface area contributed by atoms with Crippen LogP contribution in [0.1, 0.15) is 27.0 Å². The van der Waals surface area contributed by atoms with Crippen molar-refractivity contribution in [1.29, 1.82) is 0 Å². The largest absolute Gasteiger partial charge is 0.497 e. The summed E-state index contributed by atoms with van der Waals surface area (Å²) in [6.45, 7) is 2.97. The van der Waals surface area contributed by atoms with Crippen LogP contribution in [-0.2, 0) is 13.0 Å². The molecule has 1 aromatic heterocycles. The zero-order valence-electron chi connectivity index (χ0n) is 20.6. The third-order valence-corrected chi connectivity index (χ3v) is 6.91. The number of thiophene rings is 1. The highest BCUT2D eigenvalue weighted by molar-refractivity contribution is 7.08. The van der Waals surface area contributed by atoms with Crippen molar-refractivity contribution in [3.8, 4) is 16.9 Å². The minimum atomic E-state index is -0.776. The Morgan fingerprint density at radius 3 is 2.56 bits per heavy atom. The molecule has 0 aliphatic rings. The van der Waals surface area contributed by atoms with Gasteiger partial charge in [-0.1, -0.05) is 48.5 Å². The summed E-state index contributed by atoms with van der Waals surface area (Å²) in [4.78, 5) is 13.3. The van der Waals surface area contributed by atoms with Crippen molar-refractivity contribution < 1.29 is 14.6 Å². The van der Waals surface area contributed by atoms with Crippen LogP contribution in [0, 0.1) is 6.92 Å². The second kappa shape index (κ2) is 12.5. The molecular formula is C30H32N2O3S. The number of rotatable bonds is 11. The lowest BCUT2D eigenvalue weighted by Crippen LogP contribution is -2.48. The zero-order chi connectivity index (χ0) is 25.3. The van der Waals surface area contributed by atoms with Gasteiger partial charge in [-0.05, 0) is 82.3 Å². The van der Waals surface area contributed by atoms with Crippen LogP contribution in [0.2, 0.25) is 0 Å². The molecule has 186 valence electrons. The van der Waals surface area contributed by atoms with Crippen molar-refractivity contribution in [3.63, 3.8) is 0 Å². The van der Waals surface area contributed by atoms with Gasteiger partial charge < -0.3 is 20.5 Å². The molecule has 6 heteroatoms. The third-order valence-electron chi connectivity index (χ3n) is 6.23. The molecule has 3 aromatic carbocycles. The molecular weight excluding hydrogens is 468 g/mol. The summed E-state index contributed by atoms with van der Waals surface area (Å²) < 4.78 is 5.29. The average molecular weight is 501 g/mol. The molecule has 4 aromatic rings. The van der Waals surface area contributed by atoms with E-state index in [2.05, 4.69) is 22.1 Å². The van der Waals surface area contributed by atoms with Crippen LogP contribution in [-0.4, -0.2) is 36.8 Å². The Morgan fingerprint density at radius 2 is 1.81 bits per heavy atom. The summed E-state index contributed by atoms with van der Waals surface area (Å²) in [5, 5.41) is 21.6. The van der Waals surface area contributed by atoms with Crippen LogP contribution in [0.5, 0.6) is 5.75 Å². The fraction of sp³-hybridized carbons (Fsp3) is 0.233. The maximum absolute atomic E-state index is 13.3. The van der Waals surface area contributed by atoms with Gasteiger partial charge in [0.15, 0.2) is 0 Å². The van der Waals surface area contributed by atoms with Gasteiger partial charge in [-0.25, -0.2) is 0 Å². The lowest BCUT2D eigenvalue weighted by molar-refractivity contribution is 0.0830. The number of benzene rings is 3. The van der Waals surface area contributed by atoms with E-state index in [0.29, 0.717) is 25.1 Å². The van der Waals surface area contributed by atoms with E-state index in [4.69, 9.17) is 4.74 Å². The lowest BCUT2D eigenvalue weighted by Gasteiger charge is -2.25. The van der Waals surface area contributed by atoms with E-state index in [1.807, 2.05) is 85.1 Å². The molecule has 3 N–H and O–H groups in total. The van der Waals surface area contributed by atoms with Gasteiger partial charge in [0.2, 0.25) is 0 Å². The molecule has 0 bridgehead atoms. The Labute approximate surface area is 216 Å². The first kappa shape index (κ1) is 25.6. The Bertz CT molecular complexity index is 1260. The molecule has 0 spiro atoms. The monoisotopic (exact) mass is 500 g/mol. The number of methoxy groups -OCH3 is 1. The molecule has 1 heterocycles. The molecule has 5 nitrogen and oxygen atoms in total. The quantitative estimate of drug-likeness (QED) is 0.264. The van der Waals surface area contributed by atoms with E-state index in [9.17, 15) is 9.90 Å². The van der Waals surface area contributed by atoms with Crippen molar-refractivity contribution in [3.05, 3.63) is 112 Å². The number of hydrogen-bond donors (Lipinski definition) is 3. The number of hydrogen-bond acceptors (Lipinski definition) is 5. The summed E-state index contributed by atoms with van der Waals surface area (Å²) in [5.41, 5.74) is 5.96. The van der Waals surface area contributed by atoms with Gasteiger partial charge >= 0.3 is 0 Å². The number of ether oxygens (including phenoxy) is 1.